The molecule has 1 atom stereocenters. The second kappa shape index (κ2) is 4.85. The van der Waals surface area contributed by atoms with Crippen molar-refractivity contribution >= 4 is 11.8 Å². The third-order valence-electron chi connectivity index (χ3n) is 2.25. The van der Waals surface area contributed by atoms with Gasteiger partial charge < -0.3 is 5.73 Å². The van der Waals surface area contributed by atoms with Gasteiger partial charge in [-0.2, -0.15) is 0 Å². The summed E-state index contributed by atoms with van der Waals surface area (Å²) in [5.74, 6) is 0.434. The molecule has 0 spiro atoms. The molecule has 3 N–H and O–H groups in total. The van der Waals surface area contributed by atoms with Gasteiger partial charge in [0.1, 0.15) is 11.6 Å². The van der Waals surface area contributed by atoms with Gasteiger partial charge >= 0.3 is 0 Å². The van der Waals surface area contributed by atoms with Gasteiger partial charge in [0.15, 0.2) is 0 Å². The number of hydrogen-bond acceptors (Lipinski definition) is 4. The van der Waals surface area contributed by atoms with Crippen LogP contribution in [-0.4, -0.2) is 15.2 Å². The number of nitrogens with zero attached hydrogens (tertiary/aromatic N) is 2. The van der Waals surface area contributed by atoms with Crippen LogP contribution in [0.1, 0.15) is 24.4 Å². The van der Waals surface area contributed by atoms with Gasteiger partial charge in [-0.25, -0.2) is 9.37 Å². The van der Waals surface area contributed by atoms with Gasteiger partial charge in [0.25, 0.3) is 0 Å². The Bertz CT molecular complexity index is 524. The molecule has 0 bridgehead atoms. The molecule has 0 aliphatic heterocycles. The Morgan fingerprint density at radius 2 is 2.24 bits per heavy atom. The van der Waals surface area contributed by atoms with Crippen molar-refractivity contribution in [2.75, 3.05) is 0 Å². The third kappa shape index (κ3) is 2.65. The van der Waals surface area contributed by atoms with E-state index in [1.165, 1.54) is 17.8 Å². The minimum atomic E-state index is -0.362. The van der Waals surface area contributed by atoms with Crippen LogP contribution in [0.15, 0.2) is 28.3 Å². The zero-order valence-corrected chi connectivity index (χ0v) is 10.4. The van der Waals surface area contributed by atoms with Gasteiger partial charge in [0.2, 0.25) is 5.16 Å². The van der Waals surface area contributed by atoms with E-state index in [2.05, 4.69) is 15.2 Å². The summed E-state index contributed by atoms with van der Waals surface area (Å²) in [5.41, 5.74) is 6.27. The van der Waals surface area contributed by atoms with Crippen LogP contribution in [0.2, 0.25) is 0 Å². The summed E-state index contributed by atoms with van der Waals surface area (Å²) < 4.78 is 13.7. The highest BCUT2D eigenvalue weighted by atomic mass is 32.2. The van der Waals surface area contributed by atoms with Crippen LogP contribution >= 0.6 is 11.8 Å². The largest absolute Gasteiger partial charge is 0.324 e. The van der Waals surface area contributed by atoms with E-state index in [0.29, 0.717) is 10.7 Å². The maximum atomic E-state index is 13.7. The number of nitrogens with two attached hydrogens (primary N) is 1. The average molecular weight is 252 g/mol. The van der Waals surface area contributed by atoms with Crippen molar-refractivity contribution in [3.8, 4) is 0 Å². The van der Waals surface area contributed by atoms with E-state index in [4.69, 9.17) is 5.73 Å². The lowest BCUT2D eigenvalue weighted by Crippen LogP contribution is -2.09. The van der Waals surface area contributed by atoms with Crippen LogP contribution in [0.25, 0.3) is 0 Å². The Morgan fingerprint density at radius 3 is 2.82 bits per heavy atom. The average Bonchev–Trinajstić information content (AvgIpc) is 2.63. The van der Waals surface area contributed by atoms with Crippen molar-refractivity contribution in [1.29, 1.82) is 0 Å². The summed E-state index contributed by atoms with van der Waals surface area (Å²) in [7, 11) is 0. The Morgan fingerprint density at radius 1 is 1.47 bits per heavy atom. The van der Waals surface area contributed by atoms with E-state index < -0.39 is 0 Å². The molecule has 2 rings (SSSR count). The second-order valence-corrected chi connectivity index (χ2v) is 4.75. The first-order chi connectivity index (χ1) is 8.08. The molecule has 1 aromatic carbocycles. The molecule has 0 radical (unpaired) electrons. The van der Waals surface area contributed by atoms with Crippen molar-refractivity contribution in [2.24, 2.45) is 5.73 Å². The topological polar surface area (TPSA) is 67.6 Å². The molecule has 2 aromatic rings. The smallest absolute Gasteiger partial charge is 0.213 e. The molecule has 1 aromatic heterocycles. The molecule has 0 aliphatic carbocycles. The SMILES string of the molecule is Cc1nc(Sc2cccc(F)c2[C@@H](C)N)n[nH]1. The number of benzene rings is 1. The van der Waals surface area contributed by atoms with Crippen molar-refractivity contribution in [2.45, 2.75) is 29.9 Å². The molecule has 17 heavy (non-hydrogen) atoms. The Kier molecular flexibility index (Phi) is 3.44. The first-order valence-corrected chi connectivity index (χ1v) is 6.00. The van der Waals surface area contributed by atoms with E-state index in [-0.39, 0.29) is 11.9 Å². The maximum Gasteiger partial charge on any atom is 0.213 e. The van der Waals surface area contributed by atoms with E-state index in [9.17, 15) is 4.39 Å². The van der Waals surface area contributed by atoms with Gasteiger partial charge in [-0.1, -0.05) is 6.07 Å². The predicted octanol–water partition coefficient (Wildman–Crippen LogP) is 2.42. The number of aromatic amines is 1. The predicted molar refractivity (Wildman–Crippen MR) is 64.2 cm³/mol. The Hall–Kier alpha value is -1.40. The number of aromatic nitrogens is 3. The molecule has 0 unspecified atom stereocenters. The fourth-order valence-corrected chi connectivity index (χ4v) is 2.52. The van der Waals surface area contributed by atoms with Crippen molar-refractivity contribution in [3.05, 3.63) is 35.4 Å². The first kappa shape index (κ1) is 12.1. The normalized spacial score (nSPS) is 12.7. The van der Waals surface area contributed by atoms with E-state index in [1.807, 2.05) is 13.0 Å². The summed E-state index contributed by atoms with van der Waals surface area (Å²) in [4.78, 5) is 4.92. The second-order valence-electron chi connectivity index (χ2n) is 3.75. The van der Waals surface area contributed by atoms with Crippen LogP contribution in [-0.2, 0) is 0 Å². The highest BCUT2D eigenvalue weighted by molar-refractivity contribution is 7.99. The van der Waals surface area contributed by atoms with Crippen LogP contribution in [0, 0.1) is 12.7 Å². The van der Waals surface area contributed by atoms with Gasteiger partial charge in [-0.3, -0.25) is 5.10 Å². The monoisotopic (exact) mass is 252 g/mol. The highest BCUT2D eigenvalue weighted by Gasteiger charge is 2.14. The van der Waals surface area contributed by atoms with Gasteiger partial charge in [-0.05, 0) is 37.7 Å². The van der Waals surface area contributed by atoms with E-state index in [0.717, 1.165) is 10.7 Å². The summed E-state index contributed by atoms with van der Waals surface area (Å²) in [5, 5.41) is 7.31. The number of nitrogens with one attached hydrogen (secondary N) is 1. The molecular weight excluding hydrogens is 239 g/mol. The van der Waals surface area contributed by atoms with Gasteiger partial charge in [-0.15, -0.1) is 5.10 Å². The molecule has 4 nitrogen and oxygen atoms in total. The molecule has 90 valence electrons. The quantitative estimate of drug-likeness (QED) is 0.880. The zero-order valence-electron chi connectivity index (χ0n) is 9.57. The van der Waals surface area contributed by atoms with E-state index in [1.54, 1.807) is 13.0 Å². The molecule has 0 aliphatic rings. The summed E-state index contributed by atoms with van der Waals surface area (Å²) >= 11 is 1.30. The lowest BCUT2D eigenvalue weighted by molar-refractivity contribution is 0.585. The van der Waals surface area contributed by atoms with Crippen molar-refractivity contribution in [3.63, 3.8) is 0 Å². The van der Waals surface area contributed by atoms with E-state index >= 15 is 0 Å². The van der Waals surface area contributed by atoms with Crippen LogP contribution in [0.5, 0.6) is 0 Å². The van der Waals surface area contributed by atoms with Crippen LogP contribution in [0.3, 0.4) is 0 Å². The number of rotatable bonds is 3. The Balaban J connectivity index is 2.35. The third-order valence-corrected chi connectivity index (χ3v) is 3.19. The number of aryl methyl sites for hydroxylation is 1. The van der Waals surface area contributed by atoms with Crippen LogP contribution in [0.4, 0.5) is 4.39 Å². The fraction of sp³-hybridized carbons (Fsp3) is 0.273. The summed E-state index contributed by atoms with van der Waals surface area (Å²) in [6.45, 7) is 3.57. The lowest BCUT2D eigenvalue weighted by atomic mass is 10.1. The molecule has 6 heteroatoms. The molecule has 0 saturated heterocycles. The molecular formula is C11H13FN4S. The zero-order chi connectivity index (χ0) is 12.4. The summed E-state index contributed by atoms with van der Waals surface area (Å²) in [6, 6.07) is 4.52. The molecule has 0 saturated carbocycles. The van der Waals surface area contributed by atoms with Crippen molar-refractivity contribution in [1.82, 2.24) is 15.2 Å². The first-order valence-electron chi connectivity index (χ1n) is 5.19. The van der Waals surface area contributed by atoms with Crippen molar-refractivity contribution < 1.29 is 4.39 Å². The van der Waals surface area contributed by atoms with Gasteiger partial charge in [0, 0.05) is 16.5 Å². The minimum absolute atomic E-state index is 0.294. The van der Waals surface area contributed by atoms with Gasteiger partial charge in [0.05, 0.1) is 0 Å². The standard InChI is InChI=1S/C11H13FN4S/c1-6(13)10-8(12)4-3-5-9(10)17-11-14-7(2)15-16-11/h3-6H,13H2,1-2H3,(H,14,15,16)/t6-/m1/s1. The van der Waals surface area contributed by atoms with Crippen LogP contribution < -0.4 is 5.73 Å². The Labute approximate surface area is 103 Å². The number of hydrogen-bond donors (Lipinski definition) is 2. The molecule has 1 heterocycles. The maximum absolute atomic E-state index is 13.7. The lowest BCUT2D eigenvalue weighted by Gasteiger charge is -2.11. The highest BCUT2D eigenvalue weighted by Crippen LogP contribution is 2.32. The molecule has 0 amide bonds. The fourth-order valence-electron chi connectivity index (χ4n) is 1.51. The molecule has 0 fully saturated rings. The number of halogens is 1. The minimum Gasteiger partial charge on any atom is -0.324 e. The summed E-state index contributed by atoms with van der Waals surface area (Å²) in [6.07, 6.45) is 0. The number of H-pyrrole nitrogens is 1.